The molecule has 1 atom stereocenters. The molecule has 0 saturated heterocycles. The monoisotopic (exact) mass is 294 g/mol. The van der Waals surface area contributed by atoms with E-state index in [0.717, 1.165) is 12.8 Å². The molecule has 1 aromatic rings. The molecule has 1 aromatic carbocycles. The van der Waals surface area contributed by atoms with Gasteiger partial charge < -0.3 is 11.1 Å². The quantitative estimate of drug-likeness (QED) is 0.725. The predicted molar refractivity (Wildman–Crippen MR) is 86.8 cm³/mol. The minimum absolute atomic E-state index is 0.0884. The van der Waals surface area contributed by atoms with E-state index in [1.807, 2.05) is 32.0 Å². The molecule has 0 spiro atoms. The summed E-state index contributed by atoms with van der Waals surface area (Å²) in [4.78, 5) is 13.5. The van der Waals surface area contributed by atoms with Crippen LogP contribution in [0.15, 0.2) is 35.2 Å². The Bertz CT molecular complexity index is 396. The molecule has 1 amide bonds. The second-order valence-corrected chi connectivity index (χ2v) is 6.65. The van der Waals surface area contributed by atoms with Crippen LogP contribution in [0.4, 0.5) is 0 Å². The number of thioether (sulfide) groups is 1. The Hall–Kier alpha value is -1.00. The Labute approximate surface area is 126 Å². The molecule has 0 aliphatic heterocycles. The van der Waals surface area contributed by atoms with E-state index in [9.17, 15) is 4.79 Å². The fourth-order valence-corrected chi connectivity index (χ4v) is 3.10. The van der Waals surface area contributed by atoms with Crippen molar-refractivity contribution < 1.29 is 4.79 Å². The number of rotatable bonds is 8. The van der Waals surface area contributed by atoms with E-state index in [4.69, 9.17) is 5.73 Å². The van der Waals surface area contributed by atoms with E-state index in [1.54, 1.807) is 11.8 Å². The number of amides is 1. The van der Waals surface area contributed by atoms with Gasteiger partial charge in [0.1, 0.15) is 0 Å². The Kier molecular flexibility index (Phi) is 7.10. The van der Waals surface area contributed by atoms with Crippen LogP contribution in [-0.2, 0) is 4.79 Å². The number of benzene rings is 1. The zero-order valence-corrected chi connectivity index (χ0v) is 13.5. The average Bonchev–Trinajstić information content (AvgIpc) is 2.48. The van der Waals surface area contributed by atoms with Gasteiger partial charge in [-0.15, -0.1) is 11.8 Å². The highest BCUT2D eigenvalue weighted by Crippen LogP contribution is 2.26. The van der Waals surface area contributed by atoms with E-state index in [-0.39, 0.29) is 5.91 Å². The summed E-state index contributed by atoms with van der Waals surface area (Å²) in [6.07, 6.45) is 1.57. The van der Waals surface area contributed by atoms with Crippen molar-refractivity contribution in [2.24, 2.45) is 11.1 Å². The van der Waals surface area contributed by atoms with E-state index in [1.165, 1.54) is 4.90 Å². The Morgan fingerprint density at radius 2 is 1.90 bits per heavy atom. The molecule has 0 saturated carbocycles. The van der Waals surface area contributed by atoms with Crippen molar-refractivity contribution in [3.8, 4) is 0 Å². The summed E-state index contributed by atoms with van der Waals surface area (Å²) in [6, 6.07) is 10.2. The lowest BCUT2D eigenvalue weighted by molar-refractivity contribution is -0.131. The molecule has 0 aromatic heterocycles. The number of nitrogens with two attached hydrogens (primary N) is 1. The summed E-state index contributed by atoms with van der Waals surface area (Å²) < 4.78 is 0. The number of nitrogens with one attached hydrogen (secondary N) is 1. The molecule has 1 rings (SSSR count). The molecule has 4 heteroatoms. The van der Waals surface area contributed by atoms with E-state index in [0.29, 0.717) is 18.3 Å². The van der Waals surface area contributed by atoms with Crippen LogP contribution in [0.1, 0.15) is 33.6 Å². The first kappa shape index (κ1) is 17.1. The lowest BCUT2D eigenvalue weighted by Crippen LogP contribution is -2.46. The predicted octanol–water partition coefficient (Wildman–Crippen LogP) is 3.05. The second-order valence-electron chi connectivity index (χ2n) is 5.14. The van der Waals surface area contributed by atoms with Gasteiger partial charge in [-0.2, -0.15) is 0 Å². The molecule has 0 fully saturated rings. The molecule has 3 N–H and O–H groups in total. The Balaban J connectivity index is 2.48. The van der Waals surface area contributed by atoms with Gasteiger partial charge in [-0.3, -0.25) is 4.79 Å². The van der Waals surface area contributed by atoms with E-state index in [2.05, 4.69) is 24.4 Å². The van der Waals surface area contributed by atoms with Gasteiger partial charge in [-0.25, -0.2) is 0 Å². The van der Waals surface area contributed by atoms with Gasteiger partial charge in [0, 0.05) is 23.2 Å². The molecule has 112 valence electrons. The van der Waals surface area contributed by atoms with Crippen molar-refractivity contribution in [1.82, 2.24) is 5.32 Å². The third-order valence-electron chi connectivity index (χ3n) is 3.86. The van der Waals surface area contributed by atoms with Gasteiger partial charge in [0.25, 0.3) is 0 Å². The minimum Gasteiger partial charge on any atom is -0.354 e. The summed E-state index contributed by atoms with van der Waals surface area (Å²) in [5.41, 5.74) is 5.39. The zero-order valence-electron chi connectivity index (χ0n) is 12.7. The van der Waals surface area contributed by atoms with Crippen LogP contribution in [-0.4, -0.2) is 24.2 Å². The van der Waals surface area contributed by atoms with Crippen LogP contribution in [0, 0.1) is 5.41 Å². The summed E-state index contributed by atoms with van der Waals surface area (Å²) in [6.45, 7) is 7.25. The van der Waals surface area contributed by atoms with Gasteiger partial charge in [0.15, 0.2) is 0 Å². The van der Waals surface area contributed by atoms with E-state index < -0.39 is 5.41 Å². The maximum atomic E-state index is 12.3. The summed E-state index contributed by atoms with van der Waals surface area (Å²) in [5, 5.41) is 3.40. The SMILES string of the molecule is CCC(CC)(CN)C(=O)NCC(C)Sc1ccccc1. The highest BCUT2D eigenvalue weighted by atomic mass is 32.2. The van der Waals surface area contributed by atoms with Gasteiger partial charge in [0.05, 0.1) is 5.41 Å². The lowest BCUT2D eigenvalue weighted by atomic mass is 9.81. The van der Waals surface area contributed by atoms with Crippen molar-refractivity contribution >= 4 is 17.7 Å². The van der Waals surface area contributed by atoms with Gasteiger partial charge >= 0.3 is 0 Å². The molecule has 20 heavy (non-hydrogen) atoms. The van der Waals surface area contributed by atoms with Crippen molar-refractivity contribution in [1.29, 1.82) is 0 Å². The van der Waals surface area contributed by atoms with E-state index >= 15 is 0 Å². The maximum Gasteiger partial charge on any atom is 0.227 e. The lowest BCUT2D eigenvalue weighted by Gasteiger charge is -2.29. The van der Waals surface area contributed by atoms with Crippen molar-refractivity contribution in [3.63, 3.8) is 0 Å². The molecule has 0 aliphatic carbocycles. The van der Waals surface area contributed by atoms with Crippen LogP contribution < -0.4 is 11.1 Å². The molecule has 0 heterocycles. The summed E-state index contributed by atoms with van der Waals surface area (Å²) in [5.74, 6) is 0.0884. The first-order valence-electron chi connectivity index (χ1n) is 7.28. The van der Waals surface area contributed by atoms with Gasteiger partial charge in [-0.05, 0) is 25.0 Å². The van der Waals surface area contributed by atoms with Crippen LogP contribution in [0.3, 0.4) is 0 Å². The topological polar surface area (TPSA) is 55.1 Å². The average molecular weight is 294 g/mol. The number of hydrogen-bond donors (Lipinski definition) is 2. The van der Waals surface area contributed by atoms with Gasteiger partial charge in [-0.1, -0.05) is 39.0 Å². The fourth-order valence-electron chi connectivity index (χ4n) is 2.15. The summed E-state index contributed by atoms with van der Waals surface area (Å²) in [7, 11) is 0. The Morgan fingerprint density at radius 1 is 1.30 bits per heavy atom. The number of carbonyl (C=O) groups excluding carboxylic acids is 1. The van der Waals surface area contributed by atoms with Crippen LogP contribution in [0.25, 0.3) is 0 Å². The van der Waals surface area contributed by atoms with Crippen LogP contribution >= 0.6 is 11.8 Å². The van der Waals surface area contributed by atoms with Gasteiger partial charge in [0.2, 0.25) is 5.91 Å². The third-order valence-corrected chi connectivity index (χ3v) is 4.97. The molecular formula is C16H26N2OS. The molecule has 0 aliphatic rings. The van der Waals surface area contributed by atoms with Crippen molar-refractivity contribution in [2.75, 3.05) is 13.1 Å². The normalized spacial score (nSPS) is 13.0. The van der Waals surface area contributed by atoms with Crippen molar-refractivity contribution in [2.45, 2.75) is 43.8 Å². The zero-order chi connectivity index (χ0) is 15.0. The number of hydrogen-bond acceptors (Lipinski definition) is 3. The highest BCUT2D eigenvalue weighted by Gasteiger charge is 2.33. The second kappa shape index (κ2) is 8.32. The third kappa shape index (κ3) is 4.53. The first-order chi connectivity index (χ1) is 9.57. The largest absolute Gasteiger partial charge is 0.354 e. The molecule has 0 radical (unpaired) electrons. The Morgan fingerprint density at radius 3 is 2.40 bits per heavy atom. The molecule has 1 unspecified atom stereocenters. The first-order valence-corrected chi connectivity index (χ1v) is 8.16. The fraction of sp³-hybridized carbons (Fsp3) is 0.562. The maximum absolute atomic E-state index is 12.3. The molecule has 0 bridgehead atoms. The molecular weight excluding hydrogens is 268 g/mol. The smallest absolute Gasteiger partial charge is 0.227 e. The molecule has 3 nitrogen and oxygen atoms in total. The van der Waals surface area contributed by atoms with Crippen molar-refractivity contribution in [3.05, 3.63) is 30.3 Å². The highest BCUT2D eigenvalue weighted by molar-refractivity contribution is 8.00. The van der Waals surface area contributed by atoms with Crippen LogP contribution in [0.5, 0.6) is 0 Å². The standard InChI is InChI=1S/C16H26N2OS/c1-4-16(5-2,12-17)15(19)18-11-13(3)20-14-9-7-6-8-10-14/h6-10,13H,4-5,11-12,17H2,1-3H3,(H,18,19). The van der Waals surface area contributed by atoms with Crippen LogP contribution in [0.2, 0.25) is 0 Å². The minimum atomic E-state index is -0.406. The number of carbonyl (C=O) groups is 1. The summed E-state index contributed by atoms with van der Waals surface area (Å²) >= 11 is 1.77.